The summed E-state index contributed by atoms with van der Waals surface area (Å²) >= 11 is 0. The molecule has 0 spiro atoms. The molecule has 2 aromatic carbocycles. The van der Waals surface area contributed by atoms with Gasteiger partial charge < -0.3 is 15.0 Å². The Kier molecular flexibility index (Phi) is 8.60. The average molecular weight is 429 g/mol. The third-order valence-electron chi connectivity index (χ3n) is 5.27. The van der Waals surface area contributed by atoms with Crippen LogP contribution < -0.4 is 10.1 Å². The number of carbonyl (C=O) groups is 2. The maximum absolute atomic E-state index is 14.3. The molecule has 0 saturated carbocycles. The number of benzene rings is 2. The molecule has 5 nitrogen and oxygen atoms in total. The summed E-state index contributed by atoms with van der Waals surface area (Å²) in [6.07, 6.45) is 0. The highest BCUT2D eigenvalue weighted by atomic mass is 19.1. The second-order valence-electron chi connectivity index (χ2n) is 8.42. The van der Waals surface area contributed by atoms with Crippen molar-refractivity contribution in [3.8, 4) is 5.75 Å². The van der Waals surface area contributed by atoms with Crippen molar-refractivity contribution in [2.24, 2.45) is 5.92 Å². The zero-order chi connectivity index (χ0) is 23.1. The maximum atomic E-state index is 14.3. The summed E-state index contributed by atoms with van der Waals surface area (Å²) in [5.41, 5.74) is 3.42. The largest absolute Gasteiger partial charge is 0.483 e. The summed E-state index contributed by atoms with van der Waals surface area (Å²) in [7, 11) is 0. The van der Waals surface area contributed by atoms with E-state index in [0.717, 1.165) is 16.7 Å². The number of nitrogens with zero attached hydrogens (tertiary/aromatic N) is 1. The van der Waals surface area contributed by atoms with Crippen molar-refractivity contribution < 1.29 is 18.7 Å². The van der Waals surface area contributed by atoms with E-state index in [2.05, 4.69) is 11.4 Å². The van der Waals surface area contributed by atoms with Crippen molar-refractivity contribution in [2.75, 3.05) is 13.2 Å². The van der Waals surface area contributed by atoms with Crippen LogP contribution in [0.3, 0.4) is 0 Å². The monoisotopic (exact) mass is 428 g/mol. The van der Waals surface area contributed by atoms with Gasteiger partial charge in [-0.15, -0.1) is 0 Å². The molecule has 0 fully saturated rings. The van der Waals surface area contributed by atoms with E-state index >= 15 is 0 Å². The highest BCUT2D eigenvalue weighted by Crippen LogP contribution is 2.23. The number of ether oxygens (including phenoxy) is 1. The molecule has 0 heterocycles. The number of halogens is 1. The molecule has 0 aliphatic carbocycles. The predicted molar refractivity (Wildman–Crippen MR) is 120 cm³/mol. The first-order valence-electron chi connectivity index (χ1n) is 10.6. The fourth-order valence-electron chi connectivity index (χ4n) is 3.22. The van der Waals surface area contributed by atoms with Crippen LogP contribution in [0.4, 0.5) is 4.39 Å². The van der Waals surface area contributed by atoms with Gasteiger partial charge in [-0.2, -0.15) is 0 Å². The number of hydrogen-bond donors (Lipinski definition) is 1. The average Bonchev–Trinajstić information content (AvgIpc) is 2.72. The van der Waals surface area contributed by atoms with Gasteiger partial charge in [0, 0.05) is 18.7 Å². The van der Waals surface area contributed by atoms with Crippen LogP contribution in [-0.4, -0.2) is 35.9 Å². The summed E-state index contributed by atoms with van der Waals surface area (Å²) in [4.78, 5) is 27.1. The number of aryl methyl sites for hydroxylation is 2. The van der Waals surface area contributed by atoms with Gasteiger partial charge in [-0.05, 0) is 62.4 Å². The van der Waals surface area contributed by atoms with Crippen molar-refractivity contribution in [2.45, 2.75) is 54.1 Å². The first-order chi connectivity index (χ1) is 14.6. The van der Waals surface area contributed by atoms with E-state index in [9.17, 15) is 14.0 Å². The quantitative estimate of drug-likeness (QED) is 0.647. The Labute approximate surface area is 184 Å². The number of hydrogen-bond acceptors (Lipinski definition) is 3. The zero-order valence-electron chi connectivity index (χ0n) is 19.3. The van der Waals surface area contributed by atoms with Crippen LogP contribution in [0, 0.1) is 32.5 Å². The van der Waals surface area contributed by atoms with Crippen LogP contribution in [0.15, 0.2) is 36.4 Å². The van der Waals surface area contributed by atoms with Crippen LogP contribution in [0.25, 0.3) is 0 Å². The van der Waals surface area contributed by atoms with Crippen molar-refractivity contribution in [1.82, 2.24) is 10.2 Å². The fraction of sp³-hybridized carbons (Fsp3) is 0.440. The molecule has 2 rings (SSSR count). The minimum Gasteiger partial charge on any atom is -0.483 e. The van der Waals surface area contributed by atoms with E-state index in [1.54, 1.807) is 25.1 Å². The molecule has 0 radical (unpaired) electrons. The second-order valence-corrected chi connectivity index (χ2v) is 8.42. The summed E-state index contributed by atoms with van der Waals surface area (Å²) in [5, 5.41) is 2.85. The Bertz CT molecular complexity index is 927. The zero-order valence-corrected chi connectivity index (χ0v) is 19.3. The minimum absolute atomic E-state index is 0.0169. The molecule has 0 unspecified atom stereocenters. The fourth-order valence-corrected chi connectivity index (χ4v) is 3.22. The molecule has 6 heteroatoms. The van der Waals surface area contributed by atoms with Gasteiger partial charge in [-0.3, -0.25) is 9.59 Å². The van der Waals surface area contributed by atoms with Crippen molar-refractivity contribution >= 4 is 11.8 Å². The highest BCUT2D eigenvalue weighted by molar-refractivity contribution is 5.88. The number of rotatable bonds is 9. The predicted octanol–water partition coefficient (Wildman–Crippen LogP) is 4.32. The van der Waals surface area contributed by atoms with Crippen LogP contribution in [0.2, 0.25) is 0 Å². The normalized spacial score (nSPS) is 11.9. The van der Waals surface area contributed by atoms with E-state index in [0.29, 0.717) is 17.9 Å². The van der Waals surface area contributed by atoms with Gasteiger partial charge in [0.05, 0.1) is 0 Å². The van der Waals surface area contributed by atoms with Gasteiger partial charge in [0.2, 0.25) is 5.91 Å². The smallest absolute Gasteiger partial charge is 0.261 e. The Balaban J connectivity index is 2.21. The molecular weight excluding hydrogens is 395 g/mol. The topological polar surface area (TPSA) is 58.6 Å². The summed E-state index contributed by atoms with van der Waals surface area (Å²) in [6, 6.07) is 9.43. The maximum Gasteiger partial charge on any atom is 0.261 e. The van der Waals surface area contributed by atoms with Crippen LogP contribution in [-0.2, 0) is 16.1 Å². The molecule has 0 aliphatic heterocycles. The van der Waals surface area contributed by atoms with Crippen LogP contribution >= 0.6 is 0 Å². The number of carbonyl (C=O) groups excluding carboxylic acids is 2. The lowest BCUT2D eigenvalue weighted by molar-refractivity contribution is -0.142. The number of amides is 2. The minimum atomic E-state index is -0.769. The van der Waals surface area contributed by atoms with Crippen LogP contribution in [0.5, 0.6) is 5.75 Å². The third-order valence-corrected chi connectivity index (χ3v) is 5.27. The molecule has 168 valence electrons. The first kappa shape index (κ1) is 24.4. The summed E-state index contributed by atoms with van der Waals surface area (Å²) in [5.74, 6) is -0.160. The van der Waals surface area contributed by atoms with Gasteiger partial charge in [0.15, 0.2) is 6.61 Å². The van der Waals surface area contributed by atoms with Crippen molar-refractivity contribution in [3.05, 3.63) is 64.5 Å². The van der Waals surface area contributed by atoms with Gasteiger partial charge in [-0.1, -0.05) is 38.1 Å². The highest BCUT2D eigenvalue weighted by Gasteiger charge is 2.27. The van der Waals surface area contributed by atoms with E-state index in [-0.39, 0.29) is 30.9 Å². The second kappa shape index (κ2) is 10.9. The van der Waals surface area contributed by atoms with E-state index in [1.165, 1.54) is 11.0 Å². The lowest BCUT2D eigenvalue weighted by Gasteiger charge is -2.29. The first-order valence-corrected chi connectivity index (χ1v) is 10.6. The lowest BCUT2D eigenvalue weighted by Crippen LogP contribution is -2.49. The van der Waals surface area contributed by atoms with Gasteiger partial charge >= 0.3 is 0 Å². The Morgan fingerprint density at radius 1 is 1.10 bits per heavy atom. The number of nitrogens with one attached hydrogen (secondary N) is 1. The molecule has 31 heavy (non-hydrogen) atoms. The molecule has 0 bridgehead atoms. The summed E-state index contributed by atoms with van der Waals surface area (Å²) in [6.45, 7) is 11.8. The van der Waals surface area contributed by atoms with Crippen molar-refractivity contribution in [3.63, 3.8) is 0 Å². The standard InChI is InChI=1S/C25H33FN2O3/c1-16(2)13-27-25(30)20(6)28(14-21-9-7-8-10-22(21)26)24(29)15-31-23-12-17(3)11-18(4)19(23)5/h7-12,16,20H,13-15H2,1-6H3,(H,27,30)/t20-/m1/s1. The van der Waals surface area contributed by atoms with E-state index in [4.69, 9.17) is 4.74 Å². The lowest BCUT2D eigenvalue weighted by atomic mass is 10.1. The van der Waals surface area contributed by atoms with Gasteiger partial charge in [0.1, 0.15) is 17.6 Å². The molecule has 1 N–H and O–H groups in total. The Morgan fingerprint density at radius 3 is 2.42 bits per heavy atom. The van der Waals surface area contributed by atoms with Crippen molar-refractivity contribution in [1.29, 1.82) is 0 Å². The van der Waals surface area contributed by atoms with Crippen LogP contribution in [0.1, 0.15) is 43.0 Å². The molecule has 0 saturated heterocycles. The van der Waals surface area contributed by atoms with E-state index < -0.39 is 11.9 Å². The third kappa shape index (κ3) is 6.81. The molecule has 2 aromatic rings. The molecule has 0 aromatic heterocycles. The molecular formula is C25H33FN2O3. The van der Waals surface area contributed by atoms with E-state index in [1.807, 2.05) is 40.7 Å². The molecule has 1 atom stereocenters. The molecule has 0 aliphatic rings. The summed E-state index contributed by atoms with van der Waals surface area (Å²) < 4.78 is 20.1. The Hall–Kier alpha value is -2.89. The SMILES string of the molecule is Cc1cc(C)c(C)c(OCC(=O)N(Cc2ccccc2F)[C@H](C)C(=O)NCC(C)C)c1. The molecule has 2 amide bonds. The Morgan fingerprint density at radius 2 is 1.77 bits per heavy atom. The van der Waals surface area contributed by atoms with Gasteiger partial charge in [-0.25, -0.2) is 4.39 Å². The van der Waals surface area contributed by atoms with Gasteiger partial charge in [0.25, 0.3) is 5.91 Å².